The fourth-order valence-corrected chi connectivity index (χ4v) is 3.21. The van der Waals surface area contributed by atoms with Crippen molar-refractivity contribution in [1.29, 1.82) is 0 Å². The van der Waals surface area contributed by atoms with Gasteiger partial charge in [0.2, 0.25) is 0 Å². The van der Waals surface area contributed by atoms with E-state index in [1.54, 1.807) is 0 Å². The summed E-state index contributed by atoms with van der Waals surface area (Å²) in [5.74, 6) is 1.91. The third kappa shape index (κ3) is 6.59. The largest absolute Gasteiger partial charge is 0.352 e. The SMILES string of the molecule is CN=C(NCc1cccc(Cn2ccnc2C)c1)N(C)Cc1ccc(C)cc1.I. The molecular weight excluding hydrogens is 473 g/mol. The van der Waals surface area contributed by atoms with Gasteiger partial charge in [0.1, 0.15) is 5.82 Å². The lowest BCUT2D eigenvalue weighted by molar-refractivity contribution is 0.476. The zero-order valence-electron chi connectivity index (χ0n) is 17.6. The van der Waals surface area contributed by atoms with Crippen LogP contribution in [-0.2, 0) is 19.6 Å². The molecule has 2 aromatic carbocycles. The van der Waals surface area contributed by atoms with E-state index >= 15 is 0 Å². The van der Waals surface area contributed by atoms with Crippen molar-refractivity contribution in [3.63, 3.8) is 0 Å². The Morgan fingerprint density at radius 3 is 2.45 bits per heavy atom. The van der Waals surface area contributed by atoms with E-state index < -0.39 is 0 Å². The highest BCUT2D eigenvalue weighted by molar-refractivity contribution is 14.0. The molecule has 0 aliphatic rings. The fraction of sp³-hybridized carbons (Fsp3) is 0.304. The molecule has 0 saturated carbocycles. The van der Waals surface area contributed by atoms with Crippen LogP contribution >= 0.6 is 24.0 Å². The van der Waals surface area contributed by atoms with Crippen LogP contribution < -0.4 is 5.32 Å². The van der Waals surface area contributed by atoms with Crippen LogP contribution in [-0.4, -0.2) is 34.5 Å². The summed E-state index contributed by atoms with van der Waals surface area (Å²) in [7, 11) is 3.89. The molecule has 3 rings (SSSR count). The van der Waals surface area contributed by atoms with Gasteiger partial charge in [-0.15, -0.1) is 24.0 Å². The monoisotopic (exact) mass is 503 g/mol. The summed E-state index contributed by atoms with van der Waals surface area (Å²) in [4.78, 5) is 10.9. The Bertz CT molecular complexity index is 930. The van der Waals surface area contributed by atoms with Crippen molar-refractivity contribution in [2.24, 2.45) is 4.99 Å². The summed E-state index contributed by atoms with van der Waals surface area (Å²) in [6.07, 6.45) is 3.86. The maximum atomic E-state index is 4.43. The Labute approximate surface area is 190 Å². The molecule has 0 radical (unpaired) electrons. The lowest BCUT2D eigenvalue weighted by Gasteiger charge is -2.22. The lowest BCUT2D eigenvalue weighted by Crippen LogP contribution is -2.38. The van der Waals surface area contributed by atoms with Crippen LogP contribution in [0.2, 0.25) is 0 Å². The van der Waals surface area contributed by atoms with Crippen LogP contribution in [0.3, 0.4) is 0 Å². The van der Waals surface area contributed by atoms with Gasteiger partial charge in [0.25, 0.3) is 0 Å². The number of guanidine groups is 1. The summed E-state index contributed by atoms with van der Waals surface area (Å²) in [5, 5.41) is 3.47. The highest BCUT2D eigenvalue weighted by atomic mass is 127. The number of hydrogen-bond donors (Lipinski definition) is 1. The minimum absolute atomic E-state index is 0. The highest BCUT2D eigenvalue weighted by Crippen LogP contribution is 2.10. The molecule has 29 heavy (non-hydrogen) atoms. The fourth-order valence-electron chi connectivity index (χ4n) is 3.21. The van der Waals surface area contributed by atoms with Crippen LogP contribution in [0.4, 0.5) is 0 Å². The van der Waals surface area contributed by atoms with Gasteiger partial charge in [-0.25, -0.2) is 4.98 Å². The number of benzene rings is 2. The molecule has 0 aliphatic carbocycles. The molecule has 0 bridgehead atoms. The van der Waals surface area contributed by atoms with Gasteiger partial charge in [-0.3, -0.25) is 4.99 Å². The number of halogens is 1. The Kier molecular flexibility index (Phi) is 8.70. The Morgan fingerprint density at radius 1 is 1.07 bits per heavy atom. The number of nitrogens with zero attached hydrogens (tertiary/aromatic N) is 4. The molecule has 1 N–H and O–H groups in total. The molecule has 5 nitrogen and oxygen atoms in total. The number of hydrogen-bond acceptors (Lipinski definition) is 2. The number of aliphatic imine (C=N–C) groups is 1. The van der Waals surface area contributed by atoms with Gasteiger partial charge in [-0.1, -0.05) is 54.1 Å². The minimum atomic E-state index is 0. The molecule has 3 aromatic rings. The first-order valence-electron chi connectivity index (χ1n) is 9.58. The summed E-state index contributed by atoms with van der Waals surface area (Å²) in [6.45, 7) is 6.53. The minimum Gasteiger partial charge on any atom is -0.352 e. The molecule has 0 amide bonds. The molecule has 0 fully saturated rings. The van der Waals surface area contributed by atoms with Crippen LogP contribution in [0.5, 0.6) is 0 Å². The number of aryl methyl sites for hydroxylation is 2. The van der Waals surface area contributed by atoms with Crippen molar-refractivity contribution >= 4 is 29.9 Å². The van der Waals surface area contributed by atoms with Gasteiger partial charge >= 0.3 is 0 Å². The average Bonchev–Trinajstić information content (AvgIpc) is 3.09. The van der Waals surface area contributed by atoms with Crippen LogP contribution in [0.1, 0.15) is 28.1 Å². The van der Waals surface area contributed by atoms with E-state index in [1.807, 2.05) is 26.4 Å². The van der Waals surface area contributed by atoms with Crippen molar-refractivity contribution in [3.05, 3.63) is 89.0 Å². The van der Waals surface area contributed by atoms with E-state index in [1.165, 1.54) is 22.3 Å². The zero-order chi connectivity index (χ0) is 19.9. The first-order chi connectivity index (χ1) is 13.5. The zero-order valence-corrected chi connectivity index (χ0v) is 19.9. The summed E-state index contributed by atoms with van der Waals surface area (Å²) >= 11 is 0. The Balaban J connectivity index is 0.00000300. The molecule has 154 valence electrons. The van der Waals surface area contributed by atoms with Gasteiger partial charge in [0, 0.05) is 46.1 Å². The topological polar surface area (TPSA) is 45.5 Å². The van der Waals surface area contributed by atoms with Gasteiger partial charge in [-0.2, -0.15) is 0 Å². The van der Waals surface area contributed by atoms with Gasteiger partial charge < -0.3 is 14.8 Å². The second kappa shape index (κ2) is 11.0. The van der Waals surface area contributed by atoms with Gasteiger partial charge in [-0.05, 0) is 30.5 Å². The van der Waals surface area contributed by atoms with Crippen molar-refractivity contribution in [3.8, 4) is 0 Å². The van der Waals surface area contributed by atoms with E-state index in [-0.39, 0.29) is 24.0 Å². The second-order valence-corrected chi connectivity index (χ2v) is 7.16. The van der Waals surface area contributed by atoms with E-state index in [9.17, 15) is 0 Å². The molecule has 1 aromatic heterocycles. The van der Waals surface area contributed by atoms with E-state index in [2.05, 4.69) is 87.3 Å². The van der Waals surface area contributed by atoms with Crippen molar-refractivity contribution in [2.75, 3.05) is 14.1 Å². The predicted molar refractivity (Wildman–Crippen MR) is 131 cm³/mol. The predicted octanol–water partition coefficient (Wildman–Crippen LogP) is 4.37. The van der Waals surface area contributed by atoms with Crippen molar-refractivity contribution < 1.29 is 0 Å². The van der Waals surface area contributed by atoms with Crippen molar-refractivity contribution in [2.45, 2.75) is 33.5 Å². The normalized spacial score (nSPS) is 11.1. The molecule has 0 atom stereocenters. The molecule has 0 spiro atoms. The first kappa shape index (κ1) is 22.9. The third-order valence-corrected chi connectivity index (χ3v) is 4.83. The first-order valence-corrected chi connectivity index (χ1v) is 9.58. The smallest absolute Gasteiger partial charge is 0.193 e. The van der Waals surface area contributed by atoms with Crippen molar-refractivity contribution in [1.82, 2.24) is 19.8 Å². The number of nitrogens with one attached hydrogen (secondary N) is 1. The summed E-state index contributed by atoms with van der Waals surface area (Å²) < 4.78 is 2.15. The highest BCUT2D eigenvalue weighted by Gasteiger charge is 2.07. The molecule has 6 heteroatoms. The van der Waals surface area contributed by atoms with E-state index in [4.69, 9.17) is 0 Å². The maximum Gasteiger partial charge on any atom is 0.193 e. The summed E-state index contributed by atoms with van der Waals surface area (Å²) in [5.41, 5.74) is 5.05. The van der Waals surface area contributed by atoms with Gasteiger partial charge in [0.05, 0.1) is 0 Å². The molecule has 1 heterocycles. The second-order valence-electron chi connectivity index (χ2n) is 7.16. The number of rotatable bonds is 6. The Morgan fingerprint density at radius 2 is 1.79 bits per heavy atom. The molecule has 0 aliphatic heterocycles. The molecular formula is C23H30IN5. The van der Waals surface area contributed by atoms with Crippen LogP contribution in [0.15, 0.2) is 65.9 Å². The third-order valence-electron chi connectivity index (χ3n) is 4.83. The van der Waals surface area contributed by atoms with E-state index in [0.29, 0.717) is 0 Å². The molecule has 0 saturated heterocycles. The lowest BCUT2D eigenvalue weighted by atomic mass is 10.1. The maximum absolute atomic E-state index is 4.43. The summed E-state index contributed by atoms with van der Waals surface area (Å²) in [6, 6.07) is 17.3. The quantitative estimate of drug-likeness (QED) is 0.309. The average molecular weight is 503 g/mol. The standard InChI is InChI=1S/C23H29N5.HI/c1-18-8-10-20(11-9-18)16-27(4)23(24-3)26-15-21-6-5-7-22(14-21)17-28-13-12-25-19(28)2;/h5-14H,15-17H2,1-4H3,(H,24,26);1H. The van der Waals surface area contributed by atoms with Crippen LogP contribution in [0.25, 0.3) is 0 Å². The van der Waals surface area contributed by atoms with Crippen LogP contribution in [0, 0.1) is 13.8 Å². The Hall–Kier alpha value is -2.35. The number of aromatic nitrogens is 2. The molecule has 0 unspecified atom stereocenters. The number of imidazole rings is 1. The van der Waals surface area contributed by atoms with E-state index in [0.717, 1.165) is 31.4 Å². The van der Waals surface area contributed by atoms with Gasteiger partial charge in [0.15, 0.2) is 5.96 Å².